The van der Waals surface area contributed by atoms with Gasteiger partial charge in [-0.1, -0.05) is 11.6 Å². The maximum absolute atomic E-state index is 12.0. The number of carbonyl (C=O) groups is 1. The van der Waals surface area contributed by atoms with E-state index in [1.165, 1.54) is 0 Å². The molecule has 1 aromatic carbocycles. The van der Waals surface area contributed by atoms with Crippen molar-refractivity contribution in [1.29, 1.82) is 0 Å². The van der Waals surface area contributed by atoms with E-state index in [1.54, 1.807) is 30.6 Å². The number of halogens is 1. The van der Waals surface area contributed by atoms with Gasteiger partial charge in [-0.25, -0.2) is 0 Å². The van der Waals surface area contributed by atoms with Crippen LogP contribution in [-0.4, -0.2) is 10.9 Å². The van der Waals surface area contributed by atoms with Crippen molar-refractivity contribution in [3.8, 4) is 0 Å². The molecule has 3 N–H and O–H groups in total. The molecule has 2 rings (SSSR count). The molecule has 1 aromatic heterocycles. The topological polar surface area (TPSA) is 68.0 Å². The van der Waals surface area contributed by atoms with Crippen LogP contribution in [0.15, 0.2) is 36.7 Å². The SMILES string of the molecule is Cc1ccncc1NC(=O)c1ccc(Cl)c(N)c1. The third-order valence-corrected chi connectivity index (χ3v) is 2.89. The number of aromatic nitrogens is 1. The van der Waals surface area contributed by atoms with Crippen LogP contribution in [0.2, 0.25) is 5.02 Å². The number of pyridine rings is 1. The van der Waals surface area contributed by atoms with Crippen LogP contribution in [0.25, 0.3) is 0 Å². The molecule has 0 saturated heterocycles. The van der Waals surface area contributed by atoms with Gasteiger partial charge in [0.2, 0.25) is 0 Å². The number of nitrogen functional groups attached to an aromatic ring is 1. The Morgan fingerprint density at radius 1 is 1.39 bits per heavy atom. The Morgan fingerprint density at radius 3 is 2.83 bits per heavy atom. The van der Waals surface area contributed by atoms with Crippen molar-refractivity contribution in [2.24, 2.45) is 0 Å². The summed E-state index contributed by atoms with van der Waals surface area (Å²) in [6.07, 6.45) is 3.28. The molecule has 0 spiro atoms. The quantitative estimate of drug-likeness (QED) is 0.817. The molecule has 4 nitrogen and oxygen atoms in total. The van der Waals surface area contributed by atoms with Crippen LogP contribution in [0.4, 0.5) is 11.4 Å². The molecule has 0 atom stereocenters. The molecule has 92 valence electrons. The minimum Gasteiger partial charge on any atom is -0.398 e. The first kappa shape index (κ1) is 12.4. The van der Waals surface area contributed by atoms with Crippen LogP contribution < -0.4 is 11.1 Å². The minimum absolute atomic E-state index is 0.241. The van der Waals surface area contributed by atoms with Crippen molar-refractivity contribution in [2.45, 2.75) is 6.92 Å². The van der Waals surface area contributed by atoms with E-state index in [0.29, 0.717) is 22.0 Å². The first-order valence-electron chi connectivity index (χ1n) is 5.35. The second-order valence-electron chi connectivity index (χ2n) is 3.88. The Hall–Kier alpha value is -2.07. The summed E-state index contributed by atoms with van der Waals surface area (Å²) in [4.78, 5) is 16.0. The van der Waals surface area contributed by atoms with Gasteiger partial charge >= 0.3 is 0 Å². The molecule has 0 radical (unpaired) electrons. The molecular weight excluding hydrogens is 250 g/mol. The smallest absolute Gasteiger partial charge is 0.255 e. The van der Waals surface area contributed by atoms with Crippen molar-refractivity contribution >= 4 is 28.9 Å². The Bertz CT molecular complexity index is 599. The summed E-state index contributed by atoms with van der Waals surface area (Å²) in [5, 5.41) is 3.21. The third kappa shape index (κ3) is 2.60. The van der Waals surface area contributed by atoms with Crippen LogP contribution in [-0.2, 0) is 0 Å². The minimum atomic E-state index is -0.241. The summed E-state index contributed by atoms with van der Waals surface area (Å²) in [7, 11) is 0. The van der Waals surface area contributed by atoms with Crippen LogP contribution in [0.3, 0.4) is 0 Å². The highest BCUT2D eigenvalue weighted by molar-refractivity contribution is 6.33. The molecule has 5 heteroatoms. The first-order chi connectivity index (χ1) is 8.58. The zero-order chi connectivity index (χ0) is 13.1. The fourth-order valence-electron chi connectivity index (χ4n) is 1.47. The lowest BCUT2D eigenvalue weighted by Gasteiger charge is -2.08. The van der Waals surface area contributed by atoms with Crippen molar-refractivity contribution < 1.29 is 4.79 Å². The van der Waals surface area contributed by atoms with Gasteiger partial charge in [0.15, 0.2) is 0 Å². The Morgan fingerprint density at radius 2 is 2.17 bits per heavy atom. The van der Waals surface area contributed by atoms with E-state index in [4.69, 9.17) is 17.3 Å². The number of hydrogen-bond acceptors (Lipinski definition) is 3. The van der Waals surface area contributed by atoms with E-state index in [0.717, 1.165) is 5.56 Å². The lowest BCUT2D eigenvalue weighted by molar-refractivity contribution is 0.102. The highest BCUT2D eigenvalue weighted by atomic mass is 35.5. The second kappa shape index (κ2) is 5.06. The van der Waals surface area contributed by atoms with Crippen LogP contribution in [0.5, 0.6) is 0 Å². The summed E-state index contributed by atoms with van der Waals surface area (Å²) < 4.78 is 0. The number of nitrogens with one attached hydrogen (secondary N) is 1. The Labute approximate surface area is 110 Å². The molecular formula is C13H12ClN3O. The van der Waals surface area contributed by atoms with E-state index >= 15 is 0 Å². The number of carbonyl (C=O) groups excluding carboxylic acids is 1. The normalized spacial score (nSPS) is 10.1. The lowest BCUT2D eigenvalue weighted by Crippen LogP contribution is -2.13. The van der Waals surface area contributed by atoms with Gasteiger partial charge in [0.1, 0.15) is 0 Å². The van der Waals surface area contributed by atoms with Crippen molar-refractivity contribution in [2.75, 3.05) is 11.1 Å². The maximum Gasteiger partial charge on any atom is 0.255 e. The molecule has 18 heavy (non-hydrogen) atoms. The van der Waals surface area contributed by atoms with Gasteiger partial charge in [-0.2, -0.15) is 0 Å². The van der Waals surface area contributed by atoms with Gasteiger partial charge < -0.3 is 11.1 Å². The van der Waals surface area contributed by atoms with Crippen LogP contribution >= 0.6 is 11.6 Å². The summed E-state index contributed by atoms with van der Waals surface area (Å²) in [5.41, 5.74) is 8.12. The number of benzene rings is 1. The summed E-state index contributed by atoms with van der Waals surface area (Å²) in [6.45, 7) is 1.90. The average Bonchev–Trinajstić information content (AvgIpc) is 2.35. The molecule has 0 aliphatic carbocycles. The fourth-order valence-corrected chi connectivity index (χ4v) is 1.59. The Balaban J connectivity index is 2.22. The fraction of sp³-hybridized carbons (Fsp3) is 0.0769. The number of amides is 1. The predicted molar refractivity (Wildman–Crippen MR) is 72.8 cm³/mol. The van der Waals surface area contributed by atoms with Gasteiger partial charge in [-0.15, -0.1) is 0 Å². The Kier molecular flexibility index (Phi) is 3.48. The number of nitrogens with zero attached hydrogens (tertiary/aromatic N) is 1. The molecule has 0 unspecified atom stereocenters. The molecule has 0 aliphatic rings. The van der Waals surface area contributed by atoms with Crippen molar-refractivity contribution in [3.05, 3.63) is 52.8 Å². The zero-order valence-corrected chi connectivity index (χ0v) is 10.5. The maximum atomic E-state index is 12.0. The second-order valence-corrected chi connectivity index (χ2v) is 4.29. The predicted octanol–water partition coefficient (Wildman–Crippen LogP) is 2.88. The van der Waals surface area contributed by atoms with Gasteiger partial charge in [0.05, 0.1) is 22.6 Å². The van der Waals surface area contributed by atoms with E-state index in [9.17, 15) is 4.79 Å². The lowest BCUT2D eigenvalue weighted by atomic mass is 10.1. The molecule has 2 aromatic rings. The van der Waals surface area contributed by atoms with Gasteiger partial charge in [0, 0.05) is 11.8 Å². The van der Waals surface area contributed by atoms with E-state index in [-0.39, 0.29) is 5.91 Å². The zero-order valence-electron chi connectivity index (χ0n) is 9.77. The number of rotatable bonds is 2. The summed E-state index contributed by atoms with van der Waals surface area (Å²) in [5.74, 6) is -0.241. The standard InChI is InChI=1S/C13H12ClN3O/c1-8-4-5-16-7-12(8)17-13(18)9-2-3-10(14)11(15)6-9/h2-7H,15H2,1H3,(H,17,18). The highest BCUT2D eigenvalue weighted by Crippen LogP contribution is 2.20. The van der Waals surface area contributed by atoms with Gasteiger partial charge in [-0.05, 0) is 36.8 Å². The van der Waals surface area contributed by atoms with Gasteiger partial charge in [-0.3, -0.25) is 9.78 Å². The number of aryl methyl sites for hydroxylation is 1. The van der Waals surface area contributed by atoms with E-state index in [1.807, 2.05) is 13.0 Å². The highest BCUT2D eigenvalue weighted by Gasteiger charge is 2.09. The molecule has 1 amide bonds. The summed E-state index contributed by atoms with van der Waals surface area (Å²) >= 11 is 5.80. The molecule has 0 aliphatic heterocycles. The van der Waals surface area contributed by atoms with E-state index in [2.05, 4.69) is 10.3 Å². The first-order valence-corrected chi connectivity index (χ1v) is 5.72. The van der Waals surface area contributed by atoms with Crippen LogP contribution in [0, 0.1) is 6.92 Å². The monoisotopic (exact) mass is 261 g/mol. The molecule has 1 heterocycles. The molecule has 0 fully saturated rings. The number of anilines is 2. The van der Waals surface area contributed by atoms with Gasteiger partial charge in [0.25, 0.3) is 5.91 Å². The van der Waals surface area contributed by atoms with Crippen molar-refractivity contribution in [1.82, 2.24) is 4.98 Å². The number of hydrogen-bond donors (Lipinski definition) is 2. The van der Waals surface area contributed by atoms with E-state index < -0.39 is 0 Å². The number of nitrogens with two attached hydrogens (primary N) is 1. The summed E-state index contributed by atoms with van der Waals surface area (Å²) in [6, 6.07) is 6.59. The third-order valence-electron chi connectivity index (χ3n) is 2.55. The largest absolute Gasteiger partial charge is 0.398 e. The average molecular weight is 262 g/mol. The molecule has 0 saturated carbocycles. The van der Waals surface area contributed by atoms with Crippen molar-refractivity contribution in [3.63, 3.8) is 0 Å². The van der Waals surface area contributed by atoms with Crippen LogP contribution in [0.1, 0.15) is 15.9 Å². The molecule has 0 bridgehead atoms.